The lowest BCUT2D eigenvalue weighted by molar-refractivity contribution is -0.116. The largest absolute Gasteiger partial charge is 0.495 e. The number of ether oxygens (including phenoxy) is 1. The highest BCUT2D eigenvalue weighted by atomic mass is 32.2. The lowest BCUT2D eigenvalue weighted by atomic mass is 10.2. The number of rotatable bonds is 6. The number of nitrogens with one attached hydrogen (secondary N) is 1. The maximum atomic E-state index is 13.0. The number of carbonyl (C=O) groups is 1. The van der Waals surface area contributed by atoms with E-state index in [1.807, 2.05) is 0 Å². The zero-order valence-electron chi connectivity index (χ0n) is 14.8. The van der Waals surface area contributed by atoms with Gasteiger partial charge in [0, 0.05) is 13.0 Å². The molecule has 1 aliphatic rings. The van der Waals surface area contributed by atoms with Gasteiger partial charge in [-0.1, -0.05) is 12.1 Å². The summed E-state index contributed by atoms with van der Waals surface area (Å²) >= 11 is 0. The summed E-state index contributed by atoms with van der Waals surface area (Å²) in [5, 5.41) is 0. The van der Waals surface area contributed by atoms with Crippen LogP contribution in [-0.4, -0.2) is 35.6 Å². The fraction of sp³-hybridized carbons (Fsp3) is 0.235. The number of amides is 1. The van der Waals surface area contributed by atoms with Crippen molar-refractivity contribution >= 4 is 31.6 Å². The molecule has 0 aliphatic carbocycles. The molecule has 0 radical (unpaired) electrons. The number of nitrogens with zero attached hydrogens (tertiary/aromatic N) is 1. The van der Waals surface area contributed by atoms with Crippen molar-refractivity contribution in [2.24, 2.45) is 0 Å². The van der Waals surface area contributed by atoms with Crippen molar-refractivity contribution in [1.29, 1.82) is 0 Å². The Kier molecular flexibility index (Phi) is 5.41. The summed E-state index contributed by atoms with van der Waals surface area (Å²) in [6, 6.07) is 8.93. The number of methoxy groups -OCH3 is 1. The Hall–Kier alpha value is -2.50. The first kappa shape index (κ1) is 20.2. The van der Waals surface area contributed by atoms with E-state index in [9.17, 15) is 26.0 Å². The second-order valence-electron chi connectivity index (χ2n) is 6.01. The Morgan fingerprint density at radius 2 is 1.86 bits per heavy atom. The van der Waals surface area contributed by atoms with Crippen molar-refractivity contribution < 1.29 is 30.8 Å². The van der Waals surface area contributed by atoms with Gasteiger partial charge >= 0.3 is 0 Å². The van der Waals surface area contributed by atoms with Gasteiger partial charge in [-0.25, -0.2) is 30.3 Å². The van der Waals surface area contributed by atoms with Crippen LogP contribution in [0.4, 0.5) is 10.1 Å². The van der Waals surface area contributed by atoms with Crippen molar-refractivity contribution in [2.45, 2.75) is 17.9 Å². The average molecular weight is 428 g/mol. The summed E-state index contributed by atoms with van der Waals surface area (Å²) in [7, 11) is -6.69. The first-order valence-corrected chi connectivity index (χ1v) is 11.2. The van der Waals surface area contributed by atoms with Crippen molar-refractivity contribution in [2.75, 3.05) is 17.2 Å². The molecule has 0 spiro atoms. The first-order chi connectivity index (χ1) is 13.1. The molecule has 2 aromatic carbocycles. The van der Waals surface area contributed by atoms with E-state index < -0.39 is 31.8 Å². The molecule has 8 nitrogen and oxygen atoms in total. The van der Waals surface area contributed by atoms with Crippen LogP contribution in [0.1, 0.15) is 12.0 Å². The molecular formula is C17H17FN2O6S2. The molecule has 0 aromatic heterocycles. The highest BCUT2D eigenvalue weighted by Gasteiger charge is 2.37. The summed E-state index contributed by atoms with van der Waals surface area (Å²) in [6.45, 7) is -0.114. The smallest absolute Gasteiger partial charge is 0.244 e. The van der Waals surface area contributed by atoms with Crippen LogP contribution in [0.15, 0.2) is 47.4 Å². The van der Waals surface area contributed by atoms with Gasteiger partial charge in [0.05, 0.1) is 18.6 Å². The Labute approximate surface area is 162 Å². The topological polar surface area (TPSA) is 110 Å². The minimum absolute atomic E-state index is 0.0144. The lowest BCUT2D eigenvalue weighted by Crippen LogP contribution is -2.30. The fourth-order valence-electron chi connectivity index (χ4n) is 2.73. The molecule has 1 fully saturated rings. The van der Waals surface area contributed by atoms with Crippen LogP contribution in [0.2, 0.25) is 0 Å². The highest BCUT2D eigenvalue weighted by Crippen LogP contribution is 2.32. The zero-order chi connectivity index (χ0) is 20.5. The third kappa shape index (κ3) is 4.01. The molecule has 1 amide bonds. The molecule has 28 heavy (non-hydrogen) atoms. The fourth-order valence-corrected chi connectivity index (χ4v) is 5.38. The number of hydrogen-bond donors (Lipinski definition) is 1. The van der Waals surface area contributed by atoms with Gasteiger partial charge in [-0.15, -0.1) is 0 Å². The number of halogens is 1. The van der Waals surface area contributed by atoms with Crippen LogP contribution < -0.4 is 13.8 Å². The molecule has 0 bridgehead atoms. The first-order valence-electron chi connectivity index (χ1n) is 8.12. The molecular weight excluding hydrogens is 411 g/mol. The predicted molar refractivity (Wildman–Crippen MR) is 99.3 cm³/mol. The number of benzene rings is 2. The van der Waals surface area contributed by atoms with E-state index >= 15 is 0 Å². The van der Waals surface area contributed by atoms with Crippen molar-refractivity contribution in [1.82, 2.24) is 4.72 Å². The van der Waals surface area contributed by atoms with Crippen LogP contribution in [0.3, 0.4) is 0 Å². The molecule has 1 N–H and O–H groups in total. The zero-order valence-corrected chi connectivity index (χ0v) is 16.4. The van der Waals surface area contributed by atoms with E-state index in [1.54, 1.807) is 0 Å². The molecule has 150 valence electrons. The van der Waals surface area contributed by atoms with Gasteiger partial charge in [0.1, 0.15) is 16.5 Å². The molecule has 1 saturated heterocycles. The standard InChI is InChI=1S/C17H17FN2O6S2/c1-26-15-7-6-14(20-17(21)8-9-27(20,22)23)10-16(15)28(24,25)19-11-12-2-4-13(18)5-3-12/h2-7,10,19H,8-9,11H2,1H3. The lowest BCUT2D eigenvalue weighted by Gasteiger charge is -2.18. The normalized spacial score (nSPS) is 16.4. The molecule has 0 unspecified atom stereocenters. The number of carbonyl (C=O) groups excluding carboxylic acids is 1. The van der Waals surface area contributed by atoms with E-state index in [2.05, 4.69) is 4.72 Å². The summed E-state index contributed by atoms with van der Waals surface area (Å²) in [6.07, 6.45) is -0.167. The van der Waals surface area contributed by atoms with Gasteiger partial charge in [0.2, 0.25) is 26.0 Å². The van der Waals surface area contributed by atoms with Crippen molar-refractivity contribution in [3.63, 3.8) is 0 Å². The minimum atomic E-state index is -4.12. The van der Waals surface area contributed by atoms with E-state index in [4.69, 9.17) is 4.74 Å². The SMILES string of the molecule is COc1ccc(N2C(=O)CCS2(=O)=O)cc1S(=O)(=O)NCc1ccc(F)cc1. The van der Waals surface area contributed by atoms with Gasteiger partial charge in [-0.3, -0.25) is 4.79 Å². The summed E-state index contributed by atoms with van der Waals surface area (Å²) < 4.78 is 70.7. The Morgan fingerprint density at radius 1 is 1.18 bits per heavy atom. The monoisotopic (exact) mass is 428 g/mol. The van der Waals surface area contributed by atoms with Gasteiger partial charge in [-0.2, -0.15) is 0 Å². The summed E-state index contributed by atoms with van der Waals surface area (Å²) in [4.78, 5) is 11.6. The second kappa shape index (κ2) is 7.49. The Bertz CT molecular complexity index is 1110. The number of sulfonamides is 2. The molecule has 1 heterocycles. The quantitative estimate of drug-likeness (QED) is 0.744. The van der Waals surface area contributed by atoms with Crippen LogP contribution in [0.5, 0.6) is 5.75 Å². The van der Waals surface area contributed by atoms with Crippen LogP contribution in [-0.2, 0) is 31.4 Å². The molecule has 2 aromatic rings. The maximum absolute atomic E-state index is 13.0. The predicted octanol–water partition coefficient (Wildman–Crippen LogP) is 1.38. The Balaban J connectivity index is 1.95. The maximum Gasteiger partial charge on any atom is 0.244 e. The van der Waals surface area contributed by atoms with Crippen molar-refractivity contribution in [3.8, 4) is 5.75 Å². The number of hydrogen-bond acceptors (Lipinski definition) is 6. The van der Waals surface area contributed by atoms with Gasteiger partial charge in [0.15, 0.2) is 0 Å². The van der Waals surface area contributed by atoms with Crippen molar-refractivity contribution in [3.05, 3.63) is 53.8 Å². The van der Waals surface area contributed by atoms with E-state index in [-0.39, 0.29) is 35.1 Å². The summed E-state index contributed by atoms with van der Waals surface area (Å²) in [5.74, 6) is -1.42. The van der Waals surface area contributed by atoms with E-state index in [0.717, 1.165) is 6.07 Å². The molecule has 0 atom stereocenters. The third-order valence-electron chi connectivity index (χ3n) is 4.13. The minimum Gasteiger partial charge on any atom is -0.495 e. The molecule has 0 saturated carbocycles. The van der Waals surface area contributed by atoms with E-state index in [0.29, 0.717) is 9.87 Å². The Morgan fingerprint density at radius 3 is 2.43 bits per heavy atom. The third-order valence-corrected chi connectivity index (χ3v) is 7.24. The summed E-state index contributed by atoms with van der Waals surface area (Å²) in [5.41, 5.74) is 0.447. The van der Waals surface area contributed by atoms with Gasteiger partial charge in [0.25, 0.3) is 0 Å². The molecule has 1 aliphatic heterocycles. The van der Waals surface area contributed by atoms with Gasteiger partial charge in [-0.05, 0) is 35.9 Å². The second-order valence-corrected chi connectivity index (χ2v) is 9.68. The molecule has 3 rings (SSSR count). The molecule has 11 heteroatoms. The van der Waals surface area contributed by atoms with Crippen LogP contribution in [0.25, 0.3) is 0 Å². The van der Waals surface area contributed by atoms with Crippen LogP contribution >= 0.6 is 0 Å². The number of anilines is 1. The average Bonchev–Trinajstić information content (AvgIpc) is 2.93. The van der Waals surface area contributed by atoms with Crippen LogP contribution in [0, 0.1) is 5.82 Å². The van der Waals surface area contributed by atoms with E-state index in [1.165, 1.54) is 43.5 Å². The van der Waals surface area contributed by atoms with Gasteiger partial charge < -0.3 is 4.74 Å². The highest BCUT2D eigenvalue weighted by molar-refractivity contribution is 7.94.